The van der Waals surface area contributed by atoms with E-state index in [0.29, 0.717) is 18.1 Å². The summed E-state index contributed by atoms with van der Waals surface area (Å²) in [6.45, 7) is 1.96. The molecule has 2 amide bonds. The van der Waals surface area contributed by atoms with Crippen LogP contribution in [0.1, 0.15) is 30.8 Å². The smallest absolute Gasteiger partial charge is 0.319 e. The fourth-order valence-corrected chi connectivity index (χ4v) is 3.24. The monoisotopic (exact) mass is 361 g/mol. The highest BCUT2D eigenvalue weighted by Crippen LogP contribution is 2.37. The molecule has 6 heteroatoms. The third-order valence-electron chi connectivity index (χ3n) is 4.51. The summed E-state index contributed by atoms with van der Waals surface area (Å²) in [5.74, 6) is 1.22. The Bertz CT molecular complexity index is 1010. The minimum atomic E-state index is -0.469. The Labute approximate surface area is 156 Å². The number of hydrogen-bond donors (Lipinski definition) is 3. The van der Waals surface area contributed by atoms with E-state index in [4.69, 9.17) is 4.42 Å². The standard InChI is InChI=1S/C21H19N3O3/c1-2-16-18(20-22-12-17(27-20)13-7-4-3-5-8-13)19(24-21(26)23-16)14-9-6-10-15(25)11-14/h3-12,19,25H,2H2,1H3,(H2,23,24,26). The van der Waals surface area contributed by atoms with Crippen LogP contribution in [-0.2, 0) is 0 Å². The fraction of sp³-hybridized carbons (Fsp3) is 0.143. The zero-order valence-electron chi connectivity index (χ0n) is 14.8. The van der Waals surface area contributed by atoms with Gasteiger partial charge in [-0.05, 0) is 24.1 Å². The fourth-order valence-electron chi connectivity index (χ4n) is 3.24. The molecule has 2 aromatic carbocycles. The van der Waals surface area contributed by atoms with Crippen LogP contribution < -0.4 is 10.6 Å². The molecule has 3 aromatic rings. The summed E-state index contributed by atoms with van der Waals surface area (Å²) in [5, 5.41) is 15.6. The van der Waals surface area contributed by atoms with E-state index in [1.807, 2.05) is 43.3 Å². The van der Waals surface area contributed by atoms with Gasteiger partial charge >= 0.3 is 6.03 Å². The number of nitrogens with zero attached hydrogens (tertiary/aromatic N) is 1. The van der Waals surface area contributed by atoms with E-state index in [1.165, 1.54) is 0 Å². The first-order chi connectivity index (χ1) is 13.2. The quantitative estimate of drug-likeness (QED) is 0.649. The van der Waals surface area contributed by atoms with Gasteiger partial charge in [0.1, 0.15) is 5.75 Å². The van der Waals surface area contributed by atoms with E-state index in [0.717, 1.165) is 22.4 Å². The molecule has 4 rings (SSSR count). The van der Waals surface area contributed by atoms with Gasteiger partial charge in [-0.1, -0.05) is 49.4 Å². The van der Waals surface area contributed by atoms with Crippen molar-refractivity contribution in [1.29, 1.82) is 0 Å². The first-order valence-corrected chi connectivity index (χ1v) is 8.77. The van der Waals surface area contributed by atoms with Gasteiger partial charge in [0.15, 0.2) is 5.76 Å². The molecular formula is C21H19N3O3. The van der Waals surface area contributed by atoms with Crippen LogP contribution >= 0.6 is 0 Å². The van der Waals surface area contributed by atoms with Crippen LogP contribution in [0.15, 0.2) is 70.9 Å². The minimum Gasteiger partial charge on any atom is -0.508 e. The number of benzene rings is 2. The zero-order valence-corrected chi connectivity index (χ0v) is 14.8. The van der Waals surface area contributed by atoms with Gasteiger partial charge in [0.05, 0.1) is 17.8 Å². The van der Waals surface area contributed by atoms with Crippen molar-refractivity contribution < 1.29 is 14.3 Å². The Morgan fingerprint density at radius 3 is 2.70 bits per heavy atom. The van der Waals surface area contributed by atoms with Crippen molar-refractivity contribution in [3.63, 3.8) is 0 Å². The molecule has 0 saturated heterocycles. The maximum atomic E-state index is 12.1. The summed E-state index contributed by atoms with van der Waals surface area (Å²) in [6.07, 6.45) is 2.29. The topological polar surface area (TPSA) is 87.4 Å². The largest absolute Gasteiger partial charge is 0.508 e. The van der Waals surface area contributed by atoms with Crippen LogP contribution in [0.3, 0.4) is 0 Å². The van der Waals surface area contributed by atoms with E-state index in [2.05, 4.69) is 15.6 Å². The molecule has 0 fully saturated rings. The average Bonchev–Trinajstić information content (AvgIpc) is 3.17. The first kappa shape index (κ1) is 16.9. The van der Waals surface area contributed by atoms with Crippen molar-refractivity contribution in [2.75, 3.05) is 0 Å². The van der Waals surface area contributed by atoms with Gasteiger partial charge in [-0.15, -0.1) is 0 Å². The lowest BCUT2D eigenvalue weighted by Gasteiger charge is -2.28. The Kier molecular flexibility index (Phi) is 4.38. The Morgan fingerprint density at radius 2 is 1.96 bits per heavy atom. The molecule has 2 heterocycles. The maximum Gasteiger partial charge on any atom is 0.319 e. The summed E-state index contributed by atoms with van der Waals surface area (Å²) < 4.78 is 6.04. The third kappa shape index (κ3) is 3.29. The van der Waals surface area contributed by atoms with Crippen molar-refractivity contribution in [2.24, 2.45) is 0 Å². The summed E-state index contributed by atoms with van der Waals surface area (Å²) in [6, 6.07) is 15.8. The molecule has 136 valence electrons. The number of nitrogens with one attached hydrogen (secondary N) is 2. The molecular weight excluding hydrogens is 342 g/mol. The van der Waals surface area contributed by atoms with Gasteiger partial charge in [0.25, 0.3) is 0 Å². The molecule has 0 bridgehead atoms. The first-order valence-electron chi connectivity index (χ1n) is 8.77. The second-order valence-corrected chi connectivity index (χ2v) is 6.27. The lowest BCUT2D eigenvalue weighted by molar-refractivity contribution is 0.239. The predicted molar refractivity (Wildman–Crippen MR) is 102 cm³/mol. The summed E-state index contributed by atoms with van der Waals surface area (Å²) in [5.41, 5.74) is 3.18. The zero-order chi connectivity index (χ0) is 18.8. The molecule has 27 heavy (non-hydrogen) atoms. The molecule has 0 aliphatic carbocycles. The van der Waals surface area contributed by atoms with E-state index < -0.39 is 6.04 Å². The van der Waals surface area contributed by atoms with Crippen LogP contribution in [0.4, 0.5) is 4.79 Å². The number of allylic oxidation sites excluding steroid dienone is 1. The summed E-state index contributed by atoms with van der Waals surface area (Å²) in [7, 11) is 0. The third-order valence-corrected chi connectivity index (χ3v) is 4.51. The number of hydrogen-bond acceptors (Lipinski definition) is 4. The number of urea groups is 1. The van der Waals surface area contributed by atoms with Crippen LogP contribution in [0.25, 0.3) is 16.9 Å². The number of oxazole rings is 1. The second-order valence-electron chi connectivity index (χ2n) is 6.27. The van der Waals surface area contributed by atoms with E-state index >= 15 is 0 Å². The number of phenols is 1. The number of aromatic hydroxyl groups is 1. The van der Waals surface area contributed by atoms with E-state index in [9.17, 15) is 9.90 Å². The number of amides is 2. The molecule has 1 aromatic heterocycles. The SMILES string of the molecule is CCC1=C(c2ncc(-c3ccccc3)o2)C(c2cccc(O)c2)NC(=O)N1. The highest BCUT2D eigenvalue weighted by molar-refractivity contribution is 5.87. The van der Waals surface area contributed by atoms with Gasteiger partial charge < -0.3 is 20.2 Å². The van der Waals surface area contributed by atoms with Crippen molar-refractivity contribution in [3.8, 4) is 17.1 Å². The lowest BCUT2D eigenvalue weighted by Crippen LogP contribution is -2.43. The lowest BCUT2D eigenvalue weighted by atomic mass is 9.94. The van der Waals surface area contributed by atoms with E-state index in [1.54, 1.807) is 24.4 Å². The van der Waals surface area contributed by atoms with E-state index in [-0.39, 0.29) is 11.8 Å². The molecule has 0 spiro atoms. The van der Waals surface area contributed by atoms with Crippen molar-refractivity contribution in [1.82, 2.24) is 15.6 Å². The molecule has 6 nitrogen and oxygen atoms in total. The number of rotatable bonds is 4. The molecule has 0 radical (unpaired) electrons. The van der Waals surface area contributed by atoms with Crippen LogP contribution in [0.2, 0.25) is 0 Å². The predicted octanol–water partition coefficient (Wildman–Crippen LogP) is 4.22. The summed E-state index contributed by atoms with van der Waals surface area (Å²) >= 11 is 0. The van der Waals surface area contributed by atoms with Gasteiger partial charge in [-0.25, -0.2) is 9.78 Å². The van der Waals surface area contributed by atoms with Crippen molar-refractivity contribution in [2.45, 2.75) is 19.4 Å². The van der Waals surface area contributed by atoms with Crippen LogP contribution in [-0.4, -0.2) is 16.1 Å². The average molecular weight is 361 g/mol. The number of aromatic nitrogens is 1. The van der Waals surface area contributed by atoms with Crippen molar-refractivity contribution >= 4 is 11.6 Å². The molecule has 1 atom stereocenters. The molecule has 0 saturated carbocycles. The molecule has 1 unspecified atom stereocenters. The summed E-state index contributed by atoms with van der Waals surface area (Å²) in [4.78, 5) is 16.6. The molecule has 3 N–H and O–H groups in total. The maximum absolute atomic E-state index is 12.1. The van der Waals surface area contributed by atoms with Crippen LogP contribution in [0.5, 0.6) is 5.75 Å². The molecule has 1 aliphatic heterocycles. The second kappa shape index (κ2) is 6.99. The van der Waals surface area contributed by atoms with Crippen LogP contribution in [0, 0.1) is 0 Å². The molecule has 1 aliphatic rings. The Morgan fingerprint density at radius 1 is 1.15 bits per heavy atom. The Hall–Kier alpha value is -3.54. The number of phenolic OH excluding ortho intramolecular Hbond substituents is 1. The van der Waals surface area contributed by atoms with Gasteiger partial charge in [-0.2, -0.15) is 0 Å². The van der Waals surface area contributed by atoms with Crippen molar-refractivity contribution in [3.05, 3.63) is 77.9 Å². The minimum absolute atomic E-state index is 0.134. The van der Waals surface area contributed by atoms with Gasteiger partial charge in [-0.3, -0.25) is 0 Å². The highest BCUT2D eigenvalue weighted by atomic mass is 16.4. The highest BCUT2D eigenvalue weighted by Gasteiger charge is 2.31. The van der Waals surface area contributed by atoms with Gasteiger partial charge in [0, 0.05) is 11.3 Å². The Balaban J connectivity index is 1.81. The number of carbonyl (C=O) groups excluding carboxylic acids is 1. The normalized spacial score (nSPS) is 16.8. The van der Waals surface area contributed by atoms with Gasteiger partial charge in [0.2, 0.25) is 5.89 Å². The number of carbonyl (C=O) groups is 1.